The average Bonchev–Trinajstić information content (AvgIpc) is 3.87. The van der Waals surface area contributed by atoms with Crippen LogP contribution in [0.4, 0.5) is 0 Å². The van der Waals surface area contributed by atoms with Gasteiger partial charge in [0, 0.05) is 55.7 Å². The first-order valence-corrected chi connectivity index (χ1v) is 26.9. The maximum absolute atomic E-state index is 14.9. The second-order valence-electron chi connectivity index (χ2n) is 19.6. The molecule has 7 amide bonds. The fourth-order valence-electron chi connectivity index (χ4n) is 8.90. The van der Waals surface area contributed by atoms with E-state index in [0.717, 1.165) is 16.5 Å². The van der Waals surface area contributed by atoms with E-state index in [1.54, 1.807) is 91.1 Å². The van der Waals surface area contributed by atoms with Gasteiger partial charge < -0.3 is 69.6 Å². The molecule has 79 heavy (non-hydrogen) atoms. The summed E-state index contributed by atoms with van der Waals surface area (Å²) in [6.07, 6.45) is 2.49. The largest absolute Gasteiger partial charge is 0.481 e. The van der Waals surface area contributed by atoms with E-state index in [9.17, 15) is 43.5 Å². The van der Waals surface area contributed by atoms with E-state index in [-0.39, 0.29) is 58.0 Å². The van der Waals surface area contributed by atoms with Crippen LogP contribution >= 0.6 is 0 Å². The lowest BCUT2D eigenvalue weighted by molar-refractivity contribution is -0.137. The van der Waals surface area contributed by atoms with Crippen molar-refractivity contribution in [1.82, 2.24) is 42.2 Å². The number of rotatable bonds is 34. The molecule has 424 valence electrons. The Morgan fingerprint density at radius 3 is 1.43 bits per heavy atom. The Morgan fingerprint density at radius 2 is 0.924 bits per heavy atom. The van der Waals surface area contributed by atoms with Gasteiger partial charge in [0.1, 0.15) is 36.3 Å². The number of nitrogens with two attached hydrogens (primary N) is 3. The number of para-hydroxylation sites is 1. The predicted octanol–water partition coefficient (Wildman–Crippen LogP) is 1.29. The number of H-pyrrole nitrogens is 1. The van der Waals surface area contributed by atoms with E-state index in [4.69, 9.17) is 22.3 Å². The molecule has 0 radical (unpaired) electrons. The summed E-state index contributed by atoms with van der Waals surface area (Å²) in [5.74, 6) is -6.22. The molecule has 0 spiro atoms. The number of aromatic nitrogens is 1. The van der Waals surface area contributed by atoms with Crippen molar-refractivity contribution in [2.45, 2.75) is 132 Å². The second-order valence-corrected chi connectivity index (χ2v) is 19.6. The Labute approximate surface area is 460 Å². The highest BCUT2D eigenvalue weighted by molar-refractivity contribution is 5.98. The molecule has 16 N–H and O–H groups in total. The highest BCUT2D eigenvalue weighted by atomic mass is 16.4. The number of amides is 7. The molecule has 21 heteroatoms. The van der Waals surface area contributed by atoms with Gasteiger partial charge in [-0.2, -0.15) is 0 Å². The molecule has 0 saturated heterocycles. The summed E-state index contributed by atoms with van der Waals surface area (Å²) in [7, 11) is 0. The lowest BCUT2D eigenvalue weighted by Crippen LogP contribution is -2.62. The number of nitrogens with one attached hydrogen (secondary N) is 8. The van der Waals surface area contributed by atoms with Crippen molar-refractivity contribution in [2.75, 3.05) is 19.6 Å². The predicted molar refractivity (Wildman–Crippen MR) is 299 cm³/mol. The molecule has 8 atom stereocenters. The van der Waals surface area contributed by atoms with Gasteiger partial charge in [-0.3, -0.25) is 38.4 Å². The van der Waals surface area contributed by atoms with Crippen molar-refractivity contribution in [2.24, 2.45) is 17.2 Å². The number of aliphatic hydroxyl groups excluding tert-OH is 1. The summed E-state index contributed by atoms with van der Waals surface area (Å²) in [5, 5.41) is 40.0. The number of aliphatic carboxylic acids is 1. The maximum atomic E-state index is 14.9. The van der Waals surface area contributed by atoms with Crippen molar-refractivity contribution in [3.05, 3.63) is 144 Å². The van der Waals surface area contributed by atoms with Crippen molar-refractivity contribution >= 4 is 58.2 Å². The molecule has 0 bridgehead atoms. The van der Waals surface area contributed by atoms with Crippen molar-refractivity contribution in [3.8, 4) is 0 Å². The first kappa shape index (κ1) is 61.9. The van der Waals surface area contributed by atoms with E-state index < -0.39 is 95.7 Å². The van der Waals surface area contributed by atoms with Crippen LogP contribution in [0.25, 0.3) is 10.9 Å². The lowest BCUT2D eigenvalue weighted by Gasteiger charge is -2.28. The van der Waals surface area contributed by atoms with Crippen LogP contribution in [0.15, 0.2) is 121 Å². The number of carbonyl (C=O) groups is 8. The molecule has 0 aliphatic carbocycles. The van der Waals surface area contributed by atoms with Crippen molar-refractivity contribution in [1.29, 1.82) is 0 Å². The number of unbranched alkanes of at least 4 members (excludes halogenated alkanes) is 2. The van der Waals surface area contributed by atoms with Crippen LogP contribution in [0.3, 0.4) is 0 Å². The summed E-state index contributed by atoms with van der Waals surface area (Å²) < 4.78 is 0. The van der Waals surface area contributed by atoms with Crippen LogP contribution in [-0.4, -0.2) is 131 Å². The molecule has 5 rings (SSSR count). The van der Waals surface area contributed by atoms with E-state index in [0.29, 0.717) is 55.3 Å². The minimum Gasteiger partial charge on any atom is -0.481 e. The Bertz CT molecular complexity index is 2750. The third kappa shape index (κ3) is 20.7. The standard InChI is InChI=1S/C58H77N11O10/c1-37(70)51(58(79)68-46(32-38-18-5-2-6-19-38)53(74)62-31-17-28-50(71)72)69-54(75)45(27-14-16-30-60)64-57(78)49(35-41-36-63-44-26-12-11-24-42(41)44)67-56(77)48(34-40-22-9-4-10-23-40)66-55(76)47(33-39-20-7-3-8-21-39)65-52(73)43(61)25-13-15-29-59/h2-12,18-24,26,36-37,43,45-49,51,63,70H,13-17,25,27-35,59-61H2,1H3,(H,62,74)(H,64,78)(H,65,73)(H,66,76)(H,67,77)(H,68,79)(H,69,75)(H,71,72)/t37-,43+,45+,46+,47+,48+,49-,51+/m1/s1. The van der Waals surface area contributed by atoms with Crippen LogP contribution in [0, 0.1) is 0 Å². The Hall–Kier alpha value is -7.98. The number of hydrogen-bond donors (Lipinski definition) is 13. The summed E-state index contributed by atoms with van der Waals surface area (Å²) >= 11 is 0. The van der Waals surface area contributed by atoms with Crippen LogP contribution in [0.1, 0.15) is 80.5 Å². The van der Waals surface area contributed by atoms with Crippen molar-refractivity contribution < 1.29 is 48.6 Å². The number of fused-ring (bicyclic) bond motifs is 1. The molecular weight excluding hydrogens is 1010 g/mol. The third-order valence-electron chi connectivity index (χ3n) is 13.3. The van der Waals surface area contributed by atoms with E-state index in [1.807, 2.05) is 30.3 Å². The lowest BCUT2D eigenvalue weighted by atomic mass is 10.00. The summed E-state index contributed by atoms with van der Waals surface area (Å²) in [5.41, 5.74) is 21.2. The number of carboxylic acids is 1. The number of benzene rings is 4. The first-order valence-electron chi connectivity index (χ1n) is 26.9. The normalized spacial score (nSPS) is 14.2. The number of carboxylic acid groups (broad SMARTS) is 1. The molecule has 0 unspecified atom stereocenters. The molecule has 5 aromatic rings. The zero-order chi connectivity index (χ0) is 57.1. The number of carbonyl (C=O) groups excluding carboxylic acids is 7. The third-order valence-corrected chi connectivity index (χ3v) is 13.3. The summed E-state index contributed by atoms with van der Waals surface area (Å²) in [6, 6.07) is 25.1. The molecule has 1 aromatic heterocycles. The zero-order valence-corrected chi connectivity index (χ0v) is 44.7. The fraction of sp³-hybridized carbons (Fsp3) is 0.414. The molecule has 0 aliphatic rings. The van der Waals surface area contributed by atoms with Gasteiger partial charge >= 0.3 is 5.97 Å². The van der Waals surface area contributed by atoms with Crippen LogP contribution in [0.2, 0.25) is 0 Å². The van der Waals surface area contributed by atoms with Gasteiger partial charge in [0.2, 0.25) is 41.4 Å². The minimum atomic E-state index is -1.63. The Morgan fingerprint density at radius 1 is 0.494 bits per heavy atom. The maximum Gasteiger partial charge on any atom is 0.303 e. The van der Waals surface area contributed by atoms with Crippen LogP contribution in [0.5, 0.6) is 0 Å². The Balaban J connectivity index is 1.43. The summed E-state index contributed by atoms with van der Waals surface area (Å²) in [6.45, 7) is 1.98. The topological polar surface area (TPSA) is 355 Å². The molecule has 21 nitrogen and oxygen atoms in total. The first-order chi connectivity index (χ1) is 38.1. The average molecular weight is 1090 g/mol. The Kier molecular flexibility index (Phi) is 25.6. The van der Waals surface area contributed by atoms with Gasteiger partial charge in [-0.05, 0) is 86.9 Å². The van der Waals surface area contributed by atoms with Gasteiger partial charge in [-0.25, -0.2) is 0 Å². The summed E-state index contributed by atoms with van der Waals surface area (Å²) in [4.78, 5) is 114. The zero-order valence-electron chi connectivity index (χ0n) is 44.7. The van der Waals surface area contributed by atoms with Crippen LogP contribution < -0.4 is 54.4 Å². The van der Waals surface area contributed by atoms with Gasteiger partial charge in [-0.1, -0.05) is 116 Å². The van der Waals surface area contributed by atoms with Gasteiger partial charge in [0.15, 0.2) is 0 Å². The van der Waals surface area contributed by atoms with E-state index in [1.165, 1.54) is 6.92 Å². The van der Waals surface area contributed by atoms with Crippen LogP contribution in [-0.2, 0) is 64.0 Å². The molecule has 0 saturated carbocycles. The molecule has 0 aliphatic heterocycles. The monoisotopic (exact) mass is 1090 g/mol. The van der Waals surface area contributed by atoms with Crippen molar-refractivity contribution in [3.63, 3.8) is 0 Å². The highest BCUT2D eigenvalue weighted by Crippen LogP contribution is 2.20. The van der Waals surface area contributed by atoms with Gasteiger partial charge in [-0.15, -0.1) is 0 Å². The minimum absolute atomic E-state index is 0.0120. The SMILES string of the molecule is C[C@@H](O)[C@H](NC(=O)[C@H](CCCCN)NC(=O)[C@@H](Cc1c[nH]c2ccccc12)NC(=O)[C@H](Cc1ccccc1)NC(=O)[C@H](Cc1ccccc1)NC(=O)[C@@H](N)CCCCN)C(=O)N[C@@H](Cc1ccccc1)C(=O)NCCCC(=O)O. The number of aromatic amines is 1. The van der Waals surface area contributed by atoms with Gasteiger partial charge in [0.25, 0.3) is 0 Å². The fourth-order valence-corrected chi connectivity index (χ4v) is 8.90. The quantitative estimate of drug-likeness (QED) is 0.0259. The molecule has 4 aromatic carbocycles. The number of hydrogen-bond acceptors (Lipinski definition) is 12. The molecule has 0 fully saturated rings. The molecule has 1 heterocycles. The second kappa shape index (κ2) is 32.7. The van der Waals surface area contributed by atoms with Gasteiger partial charge in [0.05, 0.1) is 12.1 Å². The highest BCUT2D eigenvalue weighted by Gasteiger charge is 2.36. The molecular formula is C58H77N11O10. The van der Waals surface area contributed by atoms with E-state index in [2.05, 4.69) is 42.2 Å². The number of aliphatic hydroxyl groups is 1. The van der Waals surface area contributed by atoms with E-state index >= 15 is 0 Å². The smallest absolute Gasteiger partial charge is 0.303 e.